The molecule has 16 rings (SSSR count). The molecule has 4 aliphatic rings. The molecule has 0 unspecified atom stereocenters. The number of nitrogens with zero attached hydrogens (tertiary/aromatic N) is 4. The smallest absolute Gasteiger partial charge is 0.252 e. The van der Waals surface area contributed by atoms with E-state index in [0.717, 1.165) is 22.7 Å². The van der Waals surface area contributed by atoms with E-state index in [-0.39, 0.29) is 13.4 Å². The quantitative estimate of drug-likeness (QED) is 0.129. The average molecular weight is 913 g/mol. The third kappa shape index (κ3) is 5.44. The standard InChI is InChI=1S/C66H42B2N4/c1-5-21-43(22-6-1)69-57-33-17-15-31-53(57)67-55-39-49-47-29-13-14-30-48(47)50-40-56-64(42-52(50)51(49)41-63(55)71(45-25-9-3-10-26-45)61-37-19-35-59(69)65(61)67)72(46-27-11-4-12-28-46)62-38-20-36-60-66(62)68(56)54-32-16-18-34-58(54)70(60)44-23-7-2-8-24-44/h1-42H. The van der Waals surface area contributed by atoms with Gasteiger partial charge in [0.05, 0.1) is 0 Å². The second kappa shape index (κ2) is 15.1. The summed E-state index contributed by atoms with van der Waals surface area (Å²) in [5.41, 5.74) is 22.2. The Morgan fingerprint density at radius 1 is 0.194 bits per heavy atom. The molecular formula is C66H42B2N4. The van der Waals surface area contributed by atoms with Crippen molar-refractivity contribution in [3.8, 4) is 0 Å². The maximum absolute atomic E-state index is 2.56. The van der Waals surface area contributed by atoms with E-state index in [1.807, 2.05) is 0 Å². The van der Waals surface area contributed by atoms with Crippen molar-refractivity contribution in [2.24, 2.45) is 0 Å². The van der Waals surface area contributed by atoms with Gasteiger partial charge in [-0.2, -0.15) is 0 Å². The molecule has 0 spiro atoms. The summed E-state index contributed by atoms with van der Waals surface area (Å²) >= 11 is 0. The van der Waals surface area contributed by atoms with Gasteiger partial charge in [0.25, 0.3) is 13.4 Å². The Hall–Kier alpha value is -9.25. The van der Waals surface area contributed by atoms with Gasteiger partial charge in [0, 0.05) is 68.2 Å². The van der Waals surface area contributed by atoms with Crippen LogP contribution in [0.15, 0.2) is 255 Å². The van der Waals surface area contributed by atoms with Crippen molar-refractivity contribution >= 4 is 147 Å². The molecule has 4 aliphatic heterocycles. The number of fused-ring (bicyclic) bond motifs is 14. The predicted molar refractivity (Wildman–Crippen MR) is 307 cm³/mol. The topological polar surface area (TPSA) is 13.0 Å². The molecule has 332 valence electrons. The molecule has 0 amide bonds. The Kier molecular flexibility index (Phi) is 8.31. The van der Waals surface area contributed by atoms with Gasteiger partial charge in [-0.3, -0.25) is 0 Å². The third-order valence-electron chi connectivity index (χ3n) is 15.9. The van der Waals surface area contributed by atoms with Crippen LogP contribution in [0.5, 0.6) is 0 Å². The number of benzene rings is 12. The molecule has 0 saturated heterocycles. The van der Waals surface area contributed by atoms with Crippen LogP contribution in [0.25, 0.3) is 32.3 Å². The molecule has 0 radical (unpaired) electrons. The van der Waals surface area contributed by atoms with Crippen molar-refractivity contribution in [1.29, 1.82) is 0 Å². The number of anilines is 12. The Morgan fingerprint density at radius 2 is 0.472 bits per heavy atom. The minimum Gasteiger partial charge on any atom is -0.311 e. The van der Waals surface area contributed by atoms with Gasteiger partial charge in [-0.1, -0.05) is 158 Å². The molecule has 0 saturated carbocycles. The Morgan fingerprint density at radius 3 is 0.833 bits per heavy atom. The average Bonchev–Trinajstić information content (AvgIpc) is 3.45. The van der Waals surface area contributed by atoms with Gasteiger partial charge < -0.3 is 19.6 Å². The highest BCUT2D eigenvalue weighted by molar-refractivity contribution is 7.01. The minimum atomic E-state index is 0.00538. The lowest BCUT2D eigenvalue weighted by atomic mass is 9.33. The van der Waals surface area contributed by atoms with Crippen LogP contribution in [0, 0.1) is 0 Å². The minimum absolute atomic E-state index is 0.00538. The molecule has 72 heavy (non-hydrogen) atoms. The number of rotatable bonds is 4. The molecule has 12 aromatic carbocycles. The molecule has 0 fully saturated rings. The van der Waals surface area contributed by atoms with Crippen LogP contribution in [0.2, 0.25) is 0 Å². The van der Waals surface area contributed by atoms with Gasteiger partial charge >= 0.3 is 0 Å². The van der Waals surface area contributed by atoms with E-state index >= 15 is 0 Å². The summed E-state index contributed by atoms with van der Waals surface area (Å²) < 4.78 is 0. The van der Waals surface area contributed by atoms with Crippen LogP contribution in [-0.4, -0.2) is 13.4 Å². The second-order valence-electron chi connectivity index (χ2n) is 19.5. The Bertz CT molecular complexity index is 3930. The molecule has 12 aromatic rings. The molecule has 6 heteroatoms. The molecule has 0 aliphatic carbocycles. The van der Waals surface area contributed by atoms with Crippen LogP contribution >= 0.6 is 0 Å². The van der Waals surface area contributed by atoms with Crippen molar-refractivity contribution in [3.63, 3.8) is 0 Å². The predicted octanol–water partition coefficient (Wildman–Crippen LogP) is 13.3. The maximum Gasteiger partial charge on any atom is 0.252 e. The highest BCUT2D eigenvalue weighted by Crippen LogP contribution is 2.49. The van der Waals surface area contributed by atoms with Gasteiger partial charge in [-0.05, 0) is 162 Å². The fourth-order valence-corrected chi connectivity index (χ4v) is 13.1. The van der Waals surface area contributed by atoms with E-state index in [1.54, 1.807) is 0 Å². The summed E-state index contributed by atoms with van der Waals surface area (Å²) in [6, 6.07) is 95.0. The van der Waals surface area contributed by atoms with Crippen molar-refractivity contribution in [2.75, 3.05) is 19.6 Å². The van der Waals surface area contributed by atoms with E-state index in [4.69, 9.17) is 0 Å². The molecule has 0 bridgehead atoms. The molecular weight excluding hydrogens is 870 g/mol. The summed E-state index contributed by atoms with van der Waals surface area (Å²) in [5, 5.41) is 7.54. The van der Waals surface area contributed by atoms with Gasteiger partial charge in [-0.15, -0.1) is 0 Å². The highest BCUT2D eigenvalue weighted by atomic mass is 15.2. The van der Waals surface area contributed by atoms with E-state index in [0.29, 0.717) is 0 Å². The fourth-order valence-electron chi connectivity index (χ4n) is 13.1. The maximum atomic E-state index is 2.56. The zero-order valence-corrected chi connectivity index (χ0v) is 39.2. The van der Waals surface area contributed by atoms with E-state index in [9.17, 15) is 0 Å². The van der Waals surface area contributed by atoms with Gasteiger partial charge in [0.1, 0.15) is 0 Å². The highest BCUT2D eigenvalue weighted by Gasteiger charge is 2.45. The van der Waals surface area contributed by atoms with Crippen LogP contribution in [0.4, 0.5) is 68.2 Å². The lowest BCUT2D eigenvalue weighted by molar-refractivity contribution is 1.25. The first-order valence-electron chi connectivity index (χ1n) is 25.1. The Labute approximate surface area is 419 Å². The van der Waals surface area contributed by atoms with E-state index in [2.05, 4.69) is 274 Å². The fraction of sp³-hybridized carbons (Fsp3) is 0. The SMILES string of the molecule is c1ccc(N2c3ccccc3B3c4cc5c6ccccc6c6cc7c(cc6c5cc4N(c4ccccc4)c4cccc2c43)N(c2ccccc2)c2cccc3c2B7c2ccccc2N3c2ccccc2)cc1. The van der Waals surface area contributed by atoms with Crippen LogP contribution in [0.1, 0.15) is 0 Å². The zero-order chi connectivity index (χ0) is 47.0. The number of hydrogen-bond acceptors (Lipinski definition) is 4. The first-order valence-corrected chi connectivity index (χ1v) is 25.1. The van der Waals surface area contributed by atoms with Gasteiger partial charge in [0.2, 0.25) is 0 Å². The summed E-state index contributed by atoms with van der Waals surface area (Å²) in [7, 11) is 0. The van der Waals surface area contributed by atoms with E-state index < -0.39 is 0 Å². The normalized spacial score (nSPS) is 13.7. The first-order chi connectivity index (χ1) is 35.8. The molecule has 0 aromatic heterocycles. The summed E-state index contributed by atoms with van der Waals surface area (Å²) in [5.74, 6) is 0. The van der Waals surface area contributed by atoms with Crippen molar-refractivity contribution in [2.45, 2.75) is 0 Å². The van der Waals surface area contributed by atoms with Crippen molar-refractivity contribution in [3.05, 3.63) is 255 Å². The van der Waals surface area contributed by atoms with E-state index in [1.165, 1.54) is 111 Å². The van der Waals surface area contributed by atoms with Crippen molar-refractivity contribution in [1.82, 2.24) is 0 Å². The van der Waals surface area contributed by atoms with Crippen LogP contribution in [-0.2, 0) is 0 Å². The monoisotopic (exact) mass is 912 g/mol. The van der Waals surface area contributed by atoms with Crippen LogP contribution in [0.3, 0.4) is 0 Å². The molecule has 4 heterocycles. The molecule has 4 nitrogen and oxygen atoms in total. The summed E-state index contributed by atoms with van der Waals surface area (Å²) in [6.45, 7) is 0.0108. The summed E-state index contributed by atoms with van der Waals surface area (Å²) in [6.07, 6.45) is 0. The lowest BCUT2D eigenvalue weighted by Crippen LogP contribution is -2.61. The zero-order valence-electron chi connectivity index (χ0n) is 39.2. The lowest BCUT2D eigenvalue weighted by Gasteiger charge is -2.44. The first kappa shape index (κ1) is 39.6. The molecule has 0 N–H and O–H groups in total. The third-order valence-corrected chi connectivity index (χ3v) is 15.9. The second-order valence-corrected chi connectivity index (χ2v) is 19.5. The number of para-hydroxylation sites is 6. The van der Waals surface area contributed by atoms with Gasteiger partial charge in [-0.25, -0.2) is 0 Å². The largest absolute Gasteiger partial charge is 0.311 e. The van der Waals surface area contributed by atoms with Crippen molar-refractivity contribution < 1.29 is 0 Å². The Balaban J connectivity index is 1.01. The summed E-state index contributed by atoms with van der Waals surface area (Å²) in [4.78, 5) is 10.0. The van der Waals surface area contributed by atoms with Crippen LogP contribution < -0.4 is 52.4 Å². The molecule has 0 atom stereocenters. The van der Waals surface area contributed by atoms with Gasteiger partial charge in [0.15, 0.2) is 0 Å². The number of hydrogen-bond donors (Lipinski definition) is 0.